The van der Waals surface area contributed by atoms with Crippen LogP contribution in [0.4, 0.5) is 5.69 Å². The zero-order chi connectivity index (χ0) is 21.2. The Labute approximate surface area is 181 Å². The summed E-state index contributed by atoms with van der Waals surface area (Å²) < 4.78 is 28.2. The number of piperidine rings is 1. The van der Waals surface area contributed by atoms with Crippen LogP contribution in [-0.4, -0.2) is 31.7 Å². The minimum atomic E-state index is -3.51. The van der Waals surface area contributed by atoms with Crippen LogP contribution in [0.1, 0.15) is 36.5 Å². The molecule has 0 saturated carbocycles. The number of amides is 1. The molecule has 1 aliphatic heterocycles. The largest absolute Gasteiger partial charge is 0.325 e. The third-order valence-corrected chi connectivity index (χ3v) is 7.87. The lowest BCUT2D eigenvalue weighted by Gasteiger charge is -2.31. The summed E-state index contributed by atoms with van der Waals surface area (Å²) in [6.07, 6.45) is 1.87. The SMILES string of the molecule is CCc1cc(Br)cc(C)c1NC(=O)C1CCN(S(=O)(=O)c2ccc(C)cc2)CC1. The fourth-order valence-electron chi connectivity index (χ4n) is 3.71. The Bertz CT molecular complexity index is 995. The number of benzene rings is 2. The van der Waals surface area contributed by atoms with Gasteiger partial charge in [-0.15, -0.1) is 0 Å². The second kappa shape index (κ2) is 8.98. The molecule has 1 fully saturated rings. The van der Waals surface area contributed by atoms with Crippen LogP contribution in [0.15, 0.2) is 45.8 Å². The van der Waals surface area contributed by atoms with E-state index in [9.17, 15) is 13.2 Å². The van der Waals surface area contributed by atoms with Gasteiger partial charge in [0.15, 0.2) is 0 Å². The molecule has 0 radical (unpaired) electrons. The number of rotatable bonds is 5. The summed E-state index contributed by atoms with van der Waals surface area (Å²) in [5.74, 6) is -0.218. The van der Waals surface area contributed by atoms with Gasteiger partial charge in [0.25, 0.3) is 0 Å². The summed E-state index contributed by atoms with van der Waals surface area (Å²) in [5.41, 5.74) is 4.00. The van der Waals surface area contributed by atoms with Crippen LogP contribution in [0, 0.1) is 19.8 Å². The molecule has 29 heavy (non-hydrogen) atoms. The van der Waals surface area contributed by atoms with Crippen LogP contribution in [0.2, 0.25) is 0 Å². The van der Waals surface area contributed by atoms with E-state index in [0.717, 1.165) is 33.3 Å². The summed E-state index contributed by atoms with van der Waals surface area (Å²) in [6.45, 7) is 6.68. The summed E-state index contributed by atoms with van der Waals surface area (Å²) >= 11 is 3.50. The highest BCUT2D eigenvalue weighted by Crippen LogP contribution is 2.29. The maximum Gasteiger partial charge on any atom is 0.243 e. The highest BCUT2D eigenvalue weighted by molar-refractivity contribution is 9.10. The highest BCUT2D eigenvalue weighted by Gasteiger charge is 2.32. The number of nitrogens with one attached hydrogen (secondary N) is 1. The molecule has 3 rings (SSSR count). The van der Waals surface area contributed by atoms with Crippen molar-refractivity contribution in [2.24, 2.45) is 5.92 Å². The van der Waals surface area contributed by atoms with E-state index in [1.54, 1.807) is 24.3 Å². The molecule has 0 bridgehead atoms. The summed E-state index contributed by atoms with van der Waals surface area (Å²) in [4.78, 5) is 13.2. The molecule has 1 aliphatic rings. The summed E-state index contributed by atoms with van der Waals surface area (Å²) in [6, 6.07) is 10.9. The number of carbonyl (C=O) groups excluding carboxylic acids is 1. The van der Waals surface area contributed by atoms with Crippen molar-refractivity contribution in [1.29, 1.82) is 0 Å². The van der Waals surface area contributed by atoms with Crippen molar-refractivity contribution in [3.05, 3.63) is 57.6 Å². The third-order valence-electron chi connectivity index (χ3n) is 5.49. The number of carbonyl (C=O) groups is 1. The lowest BCUT2D eigenvalue weighted by Crippen LogP contribution is -2.41. The first-order valence-corrected chi connectivity index (χ1v) is 12.1. The predicted octanol–water partition coefficient (Wildman–Crippen LogP) is 4.67. The molecule has 0 aromatic heterocycles. The number of anilines is 1. The van der Waals surface area contributed by atoms with Gasteiger partial charge in [0.1, 0.15) is 0 Å². The van der Waals surface area contributed by atoms with E-state index in [-0.39, 0.29) is 11.8 Å². The Morgan fingerprint density at radius 2 is 1.76 bits per heavy atom. The van der Waals surface area contributed by atoms with Crippen LogP contribution in [0.3, 0.4) is 0 Å². The van der Waals surface area contributed by atoms with E-state index in [0.29, 0.717) is 30.8 Å². The fraction of sp³-hybridized carbons (Fsp3) is 0.409. The topological polar surface area (TPSA) is 66.5 Å². The van der Waals surface area contributed by atoms with Crippen molar-refractivity contribution in [1.82, 2.24) is 4.31 Å². The minimum absolute atomic E-state index is 0.0301. The van der Waals surface area contributed by atoms with Gasteiger partial charge < -0.3 is 5.32 Å². The molecular formula is C22H27BrN2O3S. The second-order valence-electron chi connectivity index (χ2n) is 7.59. The van der Waals surface area contributed by atoms with Crippen LogP contribution in [0.5, 0.6) is 0 Å². The van der Waals surface area contributed by atoms with E-state index in [4.69, 9.17) is 0 Å². The van der Waals surface area contributed by atoms with Gasteiger partial charge in [-0.25, -0.2) is 8.42 Å². The number of hydrogen-bond acceptors (Lipinski definition) is 3. The average Bonchev–Trinajstić information content (AvgIpc) is 2.70. The molecule has 1 amide bonds. The monoisotopic (exact) mass is 478 g/mol. The molecule has 2 aromatic rings. The van der Waals surface area contributed by atoms with E-state index < -0.39 is 10.0 Å². The predicted molar refractivity (Wildman–Crippen MR) is 120 cm³/mol. The minimum Gasteiger partial charge on any atom is -0.325 e. The van der Waals surface area contributed by atoms with Crippen molar-refractivity contribution >= 4 is 37.5 Å². The number of aryl methyl sites for hydroxylation is 3. The molecule has 7 heteroatoms. The zero-order valence-electron chi connectivity index (χ0n) is 17.0. The van der Waals surface area contributed by atoms with E-state index in [1.807, 2.05) is 26.0 Å². The molecule has 1 heterocycles. The van der Waals surface area contributed by atoms with Crippen LogP contribution in [-0.2, 0) is 21.2 Å². The van der Waals surface area contributed by atoms with Crippen LogP contribution in [0.25, 0.3) is 0 Å². The second-order valence-corrected chi connectivity index (χ2v) is 10.4. The third kappa shape index (κ3) is 4.90. The summed E-state index contributed by atoms with van der Waals surface area (Å²) in [5, 5.41) is 3.09. The Kier molecular flexibility index (Phi) is 6.81. The van der Waals surface area contributed by atoms with Crippen molar-refractivity contribution in [2.45, 2.75) is 44.9 Å². The first-order chi connectivity index (χ1) is 13.7. The molecule has 0 aliphatic carbocycles. The van der Waals surface area contributed by atoms with E-state index in [1.165, 1.54) is 4.31 Å². The number of sulfonamides is 1. The molecule has 0 spiro atoms. The van der Waals surface area contributed by atoms with Crippen molar-refractivity contribution in [3.63, 3.8) is 0 Å². The standard InChI is InChI=1S/C22H27BrN2O3S/c1-4-17-14-19(23)13-16(3)21(17)24-22(26)18-9-11-25(12-10-18)29(27,28)20-7-5-15(2)6-8-20/h5-8,13-14,18H,4,9-12H2,1-3H3,(H,24,26). The quantitative estimate of drug-likeness (QED) is 0.678. The number of nitrogens with zero attached hydrogens (tertiary/aromatic N) is 1. The smallest absolute Gasteiger partial charge is 0.243 e. The molecular weight excluding hydrogens is 452 g/mol. The molecule has 0 atom stereocenters. The summed E-state index contributed by atoms with van der Waals surface area (Å²) in [7, 11) is -3.51. The molecule has 1 saturated heterocycles. The van der Waals surface area contributed by atoms with Gasteiger partial charge in [-0.05, 0) is 68.5 Å². The first-order valence-electron chi connectivity index (χ1n) is 9.89. The Hall–Kier alpha value is -1.70. The maximum absolute atomic E-state index is 12.8. The van der Waals surface area contributed by atoms with Gasteiger partial charge >= 0.3 is 0 Å². The van der Waals surface area contributed by atoms with Crippen molar-refractivity contribution in [3.8, 4) is 0 Å². The van der Waals surface area contributed by atoms with Crippen molar-refractivity contribution in [2.75, 3.05) is 18.4 Å². The van der Waals surface area contributed by atoms with Gasteiger partial charge in [-0.1, -0.05) is 40.5 Å². The van der Waals surface area contributed by atoms with Crippen LogP contribution >= 0.6 is 15.9 Å². The highest BCUT2D eigenvalue weighted by atomic mass is 79.9. The van der Waals surface area contributed by atoms with Gasteiger partial charge in [-0.3, -0.25) is 4.79 Å². The fourth-order valence-corrected chi connectivity index (χ4v) is 5.80. The molecule has 5 nitrogen and oxygen atoms in total. The number of halogens is 1. The van der Waals surface area contributed by atoms with Gasteiger partial charge in [0.05, 0.1) is 4.90 Å². The number of hydrogen-bond donors (Lipinski definition) is 1. The average molecular weight is 479 g/mol. The Morgan fingerprint density at radius 3 is 2.34 bits per heavy atom. The van der Waals surface area contributed by atoms with Gasteiger partial charge in [-0.2, -0.15) is 4.31 Å². The Balaban J connectivity index is 1.66. The van der Waals surface area contributed by atoms with Gasteiger partial charge in [0, 0.05) is 29.2 Å². The Morgan fingerprint density at radius 1 is 1.14 bits per heavy atom. The van der Waals surface area contributed by atoms with Crippen LogP contribution < -0.4 is 5.32 Å². The van der Waals surface area contributed by atoms with Gasteiger partial charge in [0.2, 0.25) is 15.9 Å². The van der Waals surface area contributed by atoms with E-state index >= 15 is 0 Å². The lowest BCUT2D eigenvalue weighted by molar-refractivity contribution is -0.120. The molecule has 156 valence electrons. The maximum atomic E-state index is 12.8. The zero-order valence-corrected chi connectivity index (χ0v) is 19.4. The van der Waals surface area contributed by atoms with Crippen molar-refractivity contribution < 1.29 is 13.2 Å². The molecule has 2 aromatic carbocycles. The molecule has 1 N–H and O–H groups in total. The lowest BCUT2D eigenvalue weighted by atomic mass is 9.96. The first kappa shape index (κ1) is 22.0. The normalized spacial score (nSPS) is 16.0. The van der Waals surface area contributed by atoms with E-state index in [2.05, 4.69) is 28.2 Å². The molecule has 0 unspecified atom stereocenters.